The van der Waals surface area contributed by atoms with Crippen LogP contribution in [-0.2, 0) is 22.5 Å². The van der Waals surface area contributed by atoms with Gasteiger partial charge in [0.15, 0.2) is 5.82 Å². The average molecular weight is 326 g/mol. The summed E-state index contributed by atoms with van der Waals surface area (Å²) in [5.41, 5.74) is 0.755. The Morgan fingerprint density at radius 1 is 1.38 bits per heavy atom. The van der Waals surface area contributed by atoms with Crippen molar-refractivity contribution in [3.8, 4) is 11.4 Å². The van der Waals surface area contributed by atoms with Crippen LogP contribution in [0.1, 0.15) is 12.2 Å². The maximum absolute atomic E-state index is 11.7. The van der Waals surface area contributed by atoms with Crippen LogP contribution in [0.2, 0.25) is 10.0 Å². The predicted octanol–water partition coefficient (Wildman–Crippen LogP) is 2.99. The lowest BCUT2D eigenvalue weighted by Gasteiger charge is -2.22. The molecule has 1 aliphatic rings. The van der Waals surface area contributed by atoms with E-state index in [2.05, 4.69) is 10.2 Å². The Kier molecular flexibility index (Phi) is 3.87. The van der Waals surface area contributed by atoms with E-state index in [9.17, 15) is 4.79 Å². The molecule has 1 unspecified atom stereocenters. The minimum atomic E-state index is -0.206. The van der Waals surface area contributed by atoms with Gasteiger partial charge in [0.25, 0.3) is 0 Å². The van der Waals surface area contributed by atoms with E-state index in [0.29, 0.717) is 28.8 Å². The largest absolute Gasteiger partial charge is 0.469 e. The first kappa shape index (κ1) is 14.4. The Labute approximate surface area is 131 Å². The molecule has 7 heteroatoms. The summed E-state index contributed by atoms with van der Waals surface area (Å²) in [5, 5.41) is 9.47. The van der Waals surface area contributed by atoms with Gasteiger partial charge in [-0.2, -0.15) is 0 Å². The average Bonchev–Trinajstić information content (AvgIpc) is 2.89. The summed E-state index contributed by atoms with van der Waals surface area (Å²) in [6, 6.07) is 5.23. The molecule has 2 aromatic rings. The Morgan fingerprint density at radius 3 is 2.90 bits per heavy atom. The molecule has 3 rings (SSSR count). The standard InChI is InChI=1S/C14H13Cl2N3O2/c1-21-14(20)8-2-5-12-17-18-13(19(12)7-8)10-4-3-9(15)6-11(10)16/h3-4,6,8H,2,5,7H2,1H3. The maximum Gasteiger partial charge on any atom is 0.310 e. The van der Waals surface area contributed by atoms with Gasteiger partial charge in [0.05, 0.1) is 18.1 Å². The second-order valence-corrected chi connectivity index (χ2v) is 5.78. The van der Waals surface area contributed by atoms with Crippen molar-refractivity contribution in [2.24, 2.45) is 5.92 Å². The highest BCUT2D eigenvalue weighted by Gasteiger charge is 2.29. The van der Waals surface area contributed by atoms with E-state index in [1.807, 2.05) is 10.6 Å². The van der Waals surface area contributed by atoms with Crippen LogP contribution in [0.3, 0.4) is 0 Å². The van der Waals surface area contributed by atoms with Gasteiger partial charge in [-0.25, -0.2) is 0 Å². The van der Waals surface area contributed by atoms with E-state index >= 15 is 0 Å². The summed E-state index contributed by atoms with van der Waals surface area (Å²) in [7, 11) is 1.40. The topological polar surface area (TPSA) is 57.0 Å². The number of carbonyl (C=O) groups is 1. The molecule has 0 saturated carbocycles. The molecule has 1 aromatic carbocycles. The Hall–Kier alpha value is -1.59. The lowest BCUT2D eigenvalue weighted by Crippen LogP contribution is -2.28. The molecular formula is C14H13Cl2N3O2. The minimum Gasteiger partial charge on any atom is -0.469 e. The number of aryl methyl sites for hydroxylation is 1. The molecule has 5 nitrogen and oxygen atoms in total. The molecule has 0 spiro atoms. The van der Waals surface area contributed by atoms with Crippen molar-refractivity contribution in [1.29, 1.82) is 0 Å². The van der Waals surface area contributed by atoms with Gasteiger partial charge in [-0.05, 0) is 24.6 Å². The number of hydrogen-bond acceptors (Lipinski definition) is 4. The van der Waals surface area contributed by atoms with Crippen molar-refractivity contribution in [2.75, 3.05) is 7.11 Å². The molecule has 0 amide bonds. The zero-order valence-corrected chi connectivity index (χ0v) is 12.9. The van der Waals surface area contributed by atoms with Crippen LogP contribution in [0.4, 0.5) is 0 Å². The third-order valence-corrected chi connectivity index (χ3v) is 4.20. The molecule has 0 saturated heterocycles. The number of nitrogens with zero attached hydrogens (tertiary/aromatic N) is 3. The summed E-state index contributed by atoms with van der Waals surface area (Å²) in [5.74, 6) is 1.13. The van der Waals surface area contributed by atoms with Crippen LogP contribution in [-0.4, -0.2) is 27.8 Å². The van der Waals surface area contributed by atoms with Crippen LogP contribution in [0.15, 0.2) is 18.2 Å². The Morgan fingerprint density at radius 2 is 2.19 bits per heavy atom. The van der Waals surface area contributed by atoms with Crippen molar-refractivity contribution in [3.05, 3.63) is 34.1 Å². The van der Waals surface area contributed by atoms with Crippen molar-refractivity contribution >= 4 is 29.2 Å². The zero-order chi connectivity index (χ0) is 15.0. The number of ether oxygens (including phenoxy) is 1. The summed E-state index contributed by atoms with van der Waals surface area (Å²) in [4.78, 5) is 11.7. The van der Waals surface area contributed by atoms with Crippen LogP contribution >= 0.6 is 23.2 Å². The molecule has 1 aliphatic heterocycles. The molecule has 0 radical (unpaired) electrons. The minimum absolute atomic E-state index is 0.177. The van der Waals surface area contributed by atoms with Crippen molar-refractivity contribution in [3.63, 3.8) is 0 Å². The number of esters is 1. The van der Waals surface area contributed by atoms with Gasteiger partial charge in [0.1, 0.15) is 5.82 Å². The maximum atomic E-state index is 11.7. The lowest BCUT2D eigenvalue weighted by molar-refractivity contribution is -0.146. The van der Waals surface area contributed by atoms with Crippen LogP contribution < -0.4 is 0 Å². The molecule has 0 aliphatic carbocycles. The van der Waals surface area contributed by atoms with Crippen molar-refractivity contribution < 1.29 is 9.53 Å². The second kappa shape index (κ2) is 5.66. The third-order valence-electron chi connectivity index (χ3n) is 3.65. The fourth-order valence-corrected chi connectivity index (χ4v) is 3.05. The van der Waals surface area contributed by atoms with E-state index < -0.39 is 0 Å². The van der Waals surface area contributed by atoms with Crippen LogP contribution in [0, 0.1) is 5.92 Å². The van der Waals surface area contributed by atoms with E-state index in [0.717, 1.165) is 17.8 Å². The monoisotopic (exact) mass is 325 g/mol. The SMILES string of the molecule is COC(=O)C1CCc2nnc(-c3ccc(Cl)cc3Cl)n2C1. The van der Waals surface area contributed by atoms with Crippen molar-refractivity contribution in [2.45, 2.75) is 19.4 Å². The molecule has 21 heavy (non-hydrogen) atoms. The number of rotatable bonds is 2. The molecule has 1 atom stereocenters. The van der Waals surface area contributed by atoms with E-state index in [1.54, 1.807) is 12.1 Å². The van der Waals surface area contributed by atoms with E-state index in [4.69, 9.17) is 27.9 Å². The molecule has 0 N–H and O–H groups in total. The Bertz CT molecular complexity index is 700. The van der Waals surface area contributed by atoms with Gasteiger partial charge in [-0.15, -0.1) is 10.2 Å². The fraction of sp³-hybridized carbons (Fsp3) is 0.357. The highest BCUT2D eigenvalue weighted by Crippen LogP contribution is 2.32. The normalized spacial score (nSPS) is 17.4. The first-order valence-electron chi connectivity index (χ1n) is 6.55. The first-order valence-corrected chi connectivity index (χ1v) is 7.31. The number of fused-ring (bicyclic) bond motifs is 1. The van der Waals surface area contributed by atoms with Gasteiger partial charge in [-0.1, -0.05) is 23.2 Å². The third kappa shape index (κ3) is 2.63. The molecule has 0 fully saturated rings. The first-order chi connectivity index (χ1) is 10.1. The summed E-state index contributed by atoms with van der Waals surface area (Å²) in [6.07, 6.45) is 1.41. The van der Waals surface area contributed by atoms with E-state index in [1.165, 1.54) is 7.11 Å². The second-order valence-electron chi connectivity index (χ2n) is 4.93. The van der Waals surface area contributed by atoms with E-state index in [-0.39, 0.29) is 11.9 Å². The van der Waals surface area contributed by atoms with Gasteiger partial charge in [-0.3, -0.25) is 4.79 Å². The zero-order valence-electron chi connectivity index (χ0n) is 11.3. The molecule has 0 bridgehead atoms. The number of methoxy groups -OCH3 is 1. The highest BCUT2D eigenvalue weighted by molar-refractivity contribution is 6.36. The van der Waals surface area contributed by atoms with Gasteiger partial charge < -0.3 is 9.30 Å². The number of aromatic nitrogens is 3. The number of hydrogen-bond donors (Lipinski definition) is 0. The summed E-state index contributed by atoms with van der Waals surface area (Å²) < 4.78 is 6.76. The Balaban J connectivity index is 2.00. The van der Waals surface area contributed by atoms with Gasteiger partial charge >= 0.3 is 5.97 Å². The quantitative estimate of drug-likeness (QED) is 0.796. The summed E-state index contributed by atoms with van der Waals surface area (Å²) in [6.45, 7) is 0.503. The molecule has 2 heterocycles. The van der Waals surface area contributed by atoms with Gasteiger partial charge in [0.2, 0.25) is 0 Å². The predicted molar refractivity (Wildman–Crippen MR) is 79.3 cm³/mol. The van der Waals surface area contributed by atoms with Crippen LogP contribution in [0.25, 0.3) is 11.4 Å². The number of benzene rings is 1. The summed E-state index contributed by atoms with van der Waals surface area (Å²) >= 11 is 12.1. The molecule has 110 valence electrons. The lowest BCUT2D eigenvalue weighted by atomic mass is 9.99. The molecular weight excluding hydrogens is 313 g/mol. The highest BCUT2D eigenvalue weighted by atomic mass is 35.5. The van der Waals surface area contributed by atoms with Crippen molar-refractivity contribution in [1.82, 2.24) is 14.8 Å². The number of carbonyl (C=O) groups excluding carboxylic acids is 1. The molecule has 1 aromatic heterocycles. The fourth-order valence-electron chi connectivity index (χ4n) is 2.56. The van der Waals surface area contributed by atoms with Gasteiger partial charge in [0, 0.05) is 23.6 Å². The smallest absolute Gasteiger partial charge is 0.310 e. The van der Waals surface area contributed by atoms with Crippen LogP contribution in [0.5, 0.6) is 0 Å². The number of halogens is 2.